The van der Waals surface area contributed by atoms with Crippen LogP contribution in [0.1, 0.15) is 77.9 Å². The number of hydrogen-bond donors (Lipinski definition) is 1. The SMILES string of the molecule is CCCC1CCC(N)(c2noc(C(C)(C)C)n2)CC1. The molecule has 1 aromatic rings. The molecule has 0 spiro atoms. The standard InChI is InChI=1S/C15H27N3O/c1-5-6-11-7-9-15(16,10-8-11)12-17-13(19-18-12)14(2,3)4/h11H,5-10,16H2,1-4H3. The van der Waals surface area contributed by atoms with Crippen LogP contribution in [0.3, 0.4) is 0 Å². The van der Waals surface area contributed by atoms with E-state index in [0.717, 1.165) is 18.8 Å². The van der Waals surface area contributed by atoms with Crippen LogP contribution in [0.5, 0.6) is 0 Å². The van der Waals surface area contributed by atoms with E-state index >= 15 is 0 Å². The van der Waals surface area contributed by atoms with Crippen molar-refractivity contribution in [1.29, 1.82) is 0 Å². The maximum Gasteiger partial charge on any atom is 0.232 e. The molecule has 0 atom stereocenters. The van der Waals surface area contributed by atoms with Gasteiger partial charge in [-0.05, 0) is 31.6 Å². The Kier molecular flexibility index (Phi) is 4.00. The van der Waals surface area contributed by atoms with Crippen LogP contribution >= 0.6 is 0 Å². The Labute approximate surface area is 116 Å². The minimum absolute atomic E-state index is 0.110. The zero-order valence-electron chi connectivity index (χ0n) is 12.7. The quantitative estimate of drug-likeness (QED) is 0.908. The summed E-state index contributed by atoms with van der Waals surface area (Å²) in [5.41, 5.74) is 6.02. The second-order valence-corrected chi connectivity index (χ2v) is 7.06. The molecule has 4 heteroatoms. The van der Waals surface area contributed by atoms with Gasteiger partial charge in [-0.2, -0.15) is 4.98 Å². The number of nitrogens with two attached hydrogens (primary N) is 1. The number of nitrogens with zero attached hydrogens (tertiary/aromatic N) is 2. The van der Waals surface area contributed by atoms with Crippen LogP contribution in [0.25, 0.3) is 0 Å². The van der Waals surface area contributed by atoms with Crippen LogP contribution in [-0.2, 0) is 11.0 Å². The molecule has 1 aliphatic rings. The Balaban J connectivity index is 2.07. The van der Waals surface area contributed by atoms with E-state index in [2.05, 4.69) is 37.8 Å². The Bertz CT molecular complexity index is 411. The first kappa shape index (κ1) is 14.5. The van der Waals surface area contributed by atoms with Crippen molar-refractivity contribution in [2.24, 2.45) is 11.7 Å². The van der Waals surface area contributed by atoms with Crippen LogP contribution in [0, 0.1) is 5.92 Å². The van der Waals surface area contributed by atoms with Crippen LogP contribution < -0.4 is 5.73 Å². The summed E-state index contributed by atoms with van der Waals surface area (Å²) in [5, 5.41) is 4.14. The van der Waals surface area contributed by atoms with Gasteiger partial charge in [0.1, 0.15) is 0 Å². The molecular weight excluding hydrogens is 238 g/mol. The van der Waals surface area contributed by atoms with Crippen LogP contribution in [0.4, 0.5) is 0 Å². The molecule has 1 saturated carbocycles. The fraction of sp³-hybridized carbons (Fsp3) is 0.867. The van der Waals surface area contributed by atoms with Crippen molar-refractivity contribution in [2.45, 2.75) is 77.2 Å². The predicted molar refractivity (Wildman–Crippen MR) is 75.7 cm³/mol. The Morgan fingerprint density at radius 1 is 1.32 bits per heavy atom. The largest absolute Gasteiger partial charge is 0.339 e. The molecule has 2 rings (SSSR count). The molecular formula is C15H27N3O. The minimum atomic E-state index is -0.378. The topological polar surface area (TPSA) is 64.9 Å². The van der Waals surface area contributed by atoms with Crippen LogP contribution in [-0.4, -0.2) is 10.1 Å². The molecule has 4 nitrogen and oxygen atoms in total. The summed E-state index contributed by atoms with van der Waals surface area (Å²) in [6.07, 6.45) is 6.89. The summed E-state index contributed by atoms with van der Waals surface area (Å²) in [7, 11) is 0. The van der Waals surface area contributed by atoms with Gasteiger partial charge in [-0.25, -0.2) is 0 Å². The van der Waals surface area contributed by atoms with Gasteiger partial charge in [-0.15, -0.1) is 0 Å². The molecule has 0 aliphatic heterocycles. The Morgan fingerprint density at radius 3 is 2.42 bits per heavy atom. The molecule has 0 aromatic carbocycles. The van der Waals surface area contributed by atoms with Gasteiger partial charge in [-0.1, -0.05) is 45.7 Å². The highest BCUT2D eigenvalue weighted by Gasteiger charge is 2.38. The van der Waals surface area contributed by atoms with Crippen molar-refractivity contribution < 1.29 is 4.52 Å². The van der Waals surface area contributed by atoms with Crippen LogP contribution in [0.2, 0.25) is 0 Å². The Morgan fingerprint density at radius 2 is 1.95 bits per heavy atom. The molecule has 1 fully saturated rings. The van der Waals surface area contributed by atoms with Crippen molar-refractivity contribution in [3.63, 3.8) is 0 Å². The number of rotatable bonds is 3. The first-order valence-electron chi connectivity index (χ1n) is 7.49. The molecule has 108 valence electrons. The summed E-state index contributed by atoms with van der Waals surface area (Å²) < 4.78 is 5.38. The molecule has 0 unspecified atom stereocenters. The molecule has 1 aromatic heterocycles. The summed E-state index contributed by atoms with van der Waals surface area (Å²) in [5.74, 6) is 2.21. The summed E-state index contributed by atoms with van der Waals surface area (Å²) >= 11 is 0. The van der Waals surface area contributed by atoms with E-state index in [1.54, 1.807) is 0 Å². The molecule has 1 heterocycles. The lowest BCUT2D eigenvalue weighted by molar-refractivity contribution is 0.211. The van der Waals surface area contributed by atoms with E-state index in [9.17, 15) is 0 Å². The first-order chi connectivity index (χ1) is 8.85. The second-order valence-electron chi connectivity index (χ2n) is 7.06. The smallest absolute Gasteiger partial charge is 0.232 e. The highest BCUT2D eigenvalue weighted by Crippen LogP contribution is 2.38. The molecule has 1 aliphatic carbocycles. The normalized spacial score (nSPS) is 28.6. The summed E-state index contributed by atoms with van der Waals surface area (Å²) in [6.45, 7) is 8.47. The fourth-order valence-electron chi connectivity index (χ4n) is 2.84. The van der Waals surface area contributed by atoms with Gasteiger partial charge in [0, 0.05) is 5.41 Å². The third kappa shape index (κ3) is 3.16. The monoisotopic (exact) mass is 265 g/mol. The lowest BCUT2D eigenvalue weighted by Crippen LogP contribution is -2.41. The second kappa shape index (κ2) is 5.23. The van der Waals surface area contributed by atoms with Gasteiger partial charge in [0.05, 0.1) is 5.54 Å². The van der Waals surface area contributed by atoms with E-state index in [4.69, 9.17) is 10.3 Å². The lowest BCUT2D eigenvalue weighted by Gasteiger charge is -2.34. The minimum Gasteiger partial charge on any atom is -0.339 e. The van der Waals surface area contributed by atoms with Gasteiger partial charge in [0.25, 0.3) is 0 Å². The highest BCUT2D eigenvalue weighted by molar-refractivity contribution is 5.08. The third-order valence-electron chi connectivity index (χ3n) is 4.21. The summed E-state index contributed by atoms with van der Waals surface area (Å²) in [6, 6.07) is 0. The molecule has 0 radical (unpaired) electrons. The average molecular weight is 265 g/mol. The van der Waals surface area contributed by atoms with Crippen molar-refractivity contribution in [3.05, 3.63) is 11.7 Å². The maximum atomic E-state index is 6.51. The van der Waals surface area contributed by atoms with E-state index in [-0.39, 0.29) is 11.0 Å². The molecule has 0 amide bonds. The van der Waals surface area contributed by atoms with Crippen molar-refractivity contribution in [1.82, 2.24) is 10.1 Å². The van der Waals surface area contributed by atoms with Crippen molar-refractivity contribution in [3.8, 4) is 0 Å². The van der Waals surface area contributed by atoms with Crippen molar-refractivity contribution in [2.75, 3.05) is 0 Å². The van der Waals surface area contributed by atoms with E-state index in [1.807, 2.05) is 0 Å². The van der Waals surface area contributed by atoms with E-state index in [0.29, 0.717) is 11.7 Å². The third-order valence-corrected chi connectivity index (χ3v) is 4.21. The first-order valence-corrected chi connectivity index (χ1v) is 7.49. The van der Waals surface area contributed by atoms with Gasteiger partial charge in [-0.3, -0.25) is 0 Å². The molecule has 0 saturated heterocycles. The fourth-order valence-corrected chi connectivity index (χ4v) is 2.84. The van der Waals surface area contributed by atoms with Gasteiger partial charge < -0.3 is 10.3 Å². The zero-order chi connectivity index (χ0) is 14.1. The summed E-state index contributed by atoms with van der Waals surface area (Å²) in [4.78, 5) is 4.55. The highest BCUT2D eigenvalue weighted by atomic mass is 16.5. The molecule has 19 heavy (non-hydrogen) atoms. The molecule has 2 N–H and O–H groups in total. The predicted octanol–water partition coefficient (Wildman–Crippen LogP) is 3.51. The lowest BCUT2D eigenvalue weighted by atomic mass is 9.75. The molecule has 0 bridgehead atoms. The average Bonchev–Trinajstić information content (AvgIpc) is 2.82. The van der Waals surface area contributed by atoms with E-state index in [1.165, 1.54) is 25.7 Å². The number of hydrogen-bond acceptors (Lipinski definition) is 4. The van der Waals surface area contributed by atoms with Crippen LogP contribution in [0.15, 0.2) is 4.52 Å². The number of aromatic nitrogens is 2. The zero-order valence-corrected chi connectivity index (χ0v) is 12.7. The maximum absolute atomic E-state index is 6.51. The van der Waals surface area contributed by atoms with E-state index < -0.39 is 0 Å². The van der Waals surface area contributed by atoms with Gasteiger partial charge in [0.2, 0.25) is 5.89 Å². The van der Waals surface area contributed by atoms with Gasteiger partial charge >= 0.3 is 0 Å². The van der Waals surface area contributed by atoms with Crippen molar-refractivity contribution >= 4 is 0 Å². The Hall–Kier alpha value is -0.900. The van der Waals surface area contributed by atoms with Gasteiger partial charge in [0.15, 0.2) is 5.82 Å².